The van der Waals surface area contributed by atoms with E-state index < -0.39 is 0 Å². The first kappa shape index (κ1) is 14.8. The minimum Gasteiger partial charge on any atom is -0.345 e. The highest BCUT2D eigenvalue weighted by molar-refractivity contribution is 9.10. The molecule has 0 spiro atoms. The first-order chi connectivity index (χ1) is 10.1. The van der Waals surface area contributed by atoms with E-state index in [-0.39, 0.29) is 5.91 Å². The highest BCUT2D eigenvalue weighted by atomic mass is 79.9. The highest BCUT2D eigenvalue weighted by Gasteiger charge is 2.24. The lowest BCUT2D eigenvalue weighted by atomic mass is 10.2. The molecular formula is C15H18BrN3OS. The highest BCUT2D eigenvalue weighted by Crippen LogP contribution is 2.17. The maximum absolute atomic E-state index is 12.5. The maximum atomic E-state index is 12.5. The summed E-state index contributed by atoms with van der Waals surface area (Å²) in [5.74, 6) is 0.124. The summed E-state index contributed by atoms with van der Waals surface area (Å²) in [6.45, 7) is 4.47. The van der Waals surface area contributed by atoms with E-state index in [1.165, 1.54) is 4.88 Å². The molecule has 0 N–H and O–H groups in total. The minimum atomic E-state index is 0.124. The van der Waals surface area contributed by atoms with Crippen LogP contribution in [0.15, 0.2) is 34.2 Å². The molecule has 21 heavy (non-hydrogen) atoms. The van der Waals surface area contributed by atoms with Crippen LogP contribution in [-0.4, -0.2) is 46.5 Å². The van der Waals surface area contributed by atoms with Crippen molar-refractivity contribution >= 4 is 33.2 Å². The number of aryl methyl sites for hydroxylation is 1. The summed E-state index contributed by atoms with van der Waals surface area (Å²) in [5, 5.41) is 2.11. The number of halogens is 1. The van der Waals surface area contributed by atoms with Gasteiger partial charge in [-0.15, -0.1) is 11.3 Å². The Bertz CT molecular complexity index is 615. The molecule has 2 aromatic heterocycles. The molecule has 0 aromatic carbocycles. The van der Waals surface area contributed by atoms with Gasteiger partial charge < -0.3 is 9.47 Å². The zero-order chi connectivity index (χ0) is 14.8. The molecule has 0 bridgehead atoms. The molecule has 1 saturated heterocycles. The van der Waals surface area contributed by atoms with Gasteiger partial charge in [0, 0.05) is 55.3 Å². The van der Waals surface area contributed by atoms with Gasteiger partial charge in [-0.1, -0.05) is 6.07 Å². The van der Waals surface area contributed by atoms with Gasteiger partial charge in [0.15, 0.2) is 0 Å². The molecule has 3 rings (SSSR count). The van der Waals surface area contributed by atoms with Crippen LogP contribution in [0.25, 0.3) is 0 Å². The first-order valence-electron chi connectivity index (χ1n) is 6.99. The molecule has 3 heterocycles. The van der Waals surface area contributed by atoms with Crippen LogP contribution in [0, 0.1) is 0 Å². The molecule has 0 atom stereocenters. The van der Waals surface area contributed by atoms with E-state index in [0.29, 0.717) is 0 Å². The van der Waals surface area contributed by atoms with Gasteiger partial charge >= 0.3 is 0 Å². The molecule has 0 saturated carbocycles. The van der Waals surface area contributed by atoms with Crippen molar-refractivity contribution in [3.63, 3.8) is 0 Å². The number of rotatable bonds is 3. The van der Waals surface area contributed by atoms with E-state index in [0.717, 1.165) is 42.9 Å². The van der Waals surface area contributed by atoms with Crippen molar-refractivity contribution in [1.82, 2.24) is 14.4 Å². The van der Waals surface area contributed by atoms with Crippen molar-refractivity contribution in [2.75, 3.05) is 26.2 Å². The summed E-state index contributed by atoms with van der Waals surface area (Å²) < 4.78 is 2.83. The van der Waals surface area contributed by atoms with Crippen LogP contribution in [-0.2, 0) is 13.6 Å². The molecular weight excluding hydrogens is 350 g/mol. The Morgan fingerprint density at radius 2 is 2.10 bits per heavy atom. The predicted molar refractivity (Wildman–Crippen MR) is 88.6 cm³/mol. The zero-order valence-electron chi connectivity index (χ0n) is 12.0. The van der Waals surface area contributed by atoms with Crippen LogP contribution >= 0.6 is 27.3 Å². The minimum absolute atomic E-state index is 0.124. The van der Waals surface area contributed by atoms with Gasteiger partial charge in [0.05, 0.1) is 0 Å². The van der Waals surface area contributed by atoms with Gasteiger partial charge in [-0.2, -0.15) is 0 Å². The Kier molecular flexibility index (Phi) is 4.47. The Balaban J connectivity index is 1.58. The number of piperazine rings is 1. The van der Waals surface area contributed by atoms with E-state index in [4.69, 9.17) is 0 Å². The SMILES string of the molecule is Cn1cc(Br)cc1C(=O)N1CCN(Cc2cccs2)CC1. The average molecular weight is 368 g/mol. The molecule has 0 unspecified atom stereocenters. The lowest BCUT2D eigenvalue weighted by molar-refractivity contribution is 0.0620. The number of aromatic nitrogens is 1. The van der Waals surface area contributed by atoms with Crippen molar-refractivity contribution in [2.45, 2.75) is 6.54 Å². The fourth-order valence-corrected chi connectivity index (χ4v) is 3.90. The second kappa shape index (κ2) is 6.34. The number of amides is 1. The maximum Gasteiger partial charge on any atom is 0.270 e. The lowest BCUT2D eigenvalue weighted by Gasteiger charge is -2.34. The van der Waals surface area contributed by atoms with Crippen LogP contribution in [0.5, 0.6) is 0 Å². The molecule has 0 aliphatic carbocycles. The summed E-state index contributed by atoms with van der Waals surface area (Å²) in [5.41, 5.74) is 0.744. The second-order valence-electron chi connectivity index (χ2n) is 5.30. The summed E-state index contributed by atoms with van der Waals surface area (Å²) in [4.78, 5) is 18.3. The predicted octanol–water partition coefficient (Wildman–Crippen LogP) is 2.81. The summed E-state index contributed by atoms with van der Waals surface area (Å²) >= 11 is 5.21. The quantitative estimate of drug-likeness (QED) is 0.834. The number of carbonyl (C=O) groups is 1. The third kappa shape index (κ3) is 3.39. The standard InChI is InChI=1S/C15H18BrN3OS/c1-17-10-12(16)9-14(17)15(20)19-6-4-18(5-7-19)11-13-3-2-8-21-13/h2-3,8-10H,4-7,11H2,1H3. The molecule has 1 fully saturated rings. The Labute approximate surface area is 137 Å². The monoisotopic (exact) mass is 367 g/mol. The normalized spacial score (nSPS) is 16.4. The number of hydrogen-bond donors (Lipinski definition) is 0. The first-order valence-corrected chi connectivity index (χ1v) is 8.66. The number of nitrogens with zero attached hydrogens (tertiary/aromatic N) is 3. The van der Waals surface area contributed by atoms with E-state index in [1.807, 2.05) is 28.8 Å². The van der Waals surface area contributed by atoms with Crippen LogP contribution in [0.4, 0.5) is 0 Å². The molecule has 1 aliphatic rings. The van der Waals surface area contributed by atoms with Crippen LogP contribution in [0.3, 0.4) is 0 Å². The second-order valence-corrected chi connectivity index (χ2v) is 7.25. The lowest BCUT2D eigenvalue weighted by Crippen LogP contribution is -2.48. The van der Waals surface area contributed by atoms with Gasteiger partial charge in [0.25, 0.3) is 5.91 Å². The Hall–Kier alpha value is -1.11. The summed E-state index contributed by atoms with van der Waals surface area (Å²) in [6, 6.07) is 6.15. The topological polar surface area (TPSA) is 28.5 Å². The van der Waals surface area contributed by atoms with Gasteiger partial charge in [-0.25, -0.2) is 0 Å². The average Bonchev–Trinajstić information content (AvgIpc) is 3.08. The van der Waals surface area contributed by atoms with Gasteiger partial charge in [0.2, 0.25) is 0 Å². The smallest absolute Gasteiger partial charge is 0.270 e. The van der Waals surface area contributed by atoms with Gasteiger partial charge in [-0.05, 0) is 33.4 Å². The van der Waals surface area contributed by atoms with E-state index in [9.17, 15) is 4.79 Å². The van der Waals surface area contributed by atoms with Crippen LogP contribution in [0.2, 0.25) is 0 Å². The Morgan fingerprint density at radius 1 is 1.33 bits per heavy atom. The van der Waals surface area contributed by atoms with Crippen LogP contribution < -0.4 is 0 Å². The largest absolute Gasteiger partial charge is 0.345 e. The number of thiophene rings is 1. The number of hydrogen-bond acceptors (Lipinski definition) is 3. The van der Waals surface area contributed by atoms with E-state index in [1.54, 1.807) is 11.3 Å². The Morgan fingerprint density at radius 3 is 2.67 bits per heavy atom. The third-order valence-corrected chi connectivity index (χ3v) is 5.10. The molecule has 6 heteroatoms. The zero-order valence-corrected chi connectivity index (χ0v) is 14.4. The summed E-state index contributed by atoms with van der Waals surface area (Å²) in [7, 11) is 1.91. The van der Waals surface area contributed by atoms with Crippen molar-refractivity contribution in [2.24, 2.45) is 7.05 Å². The fraction of sp³-hybridized carbons (Fsp3) is 0.400. The summed E-state index contributed by atoms with van der Waals surface area (Å²) in [6.07, 6.45) is 1.92. The van der Waals surface area contributed by atoms with Gasteiger partial charge in [0.1, 0.15) is 5.69 Å². The molecule has 4 nitrogen and oxygen atoms in total. The fourth-order valence-electron chi connectivity index (χ4n) is 2.63. The molecule has 2 aromatic rings. The third-order valence-electron chi connectivity index (χ3n) is 3.81. The van der Waals surface area contributed by atoms with E-state index in [2.05, 4.69) is 38.3 Å². The van der Waals surface area contributed by atoms with E-state index >= 15 is 0 Å². The van der Waals surface area contributed by atoms with Crippen LogP contribution in [0.1, 0.15) is 15.4 Å². The molecule has 1 amide bonds. The number of carbonyl (C=O) groups excluding carboxylic acids is 1. The van der Waals surface area contributed by atoms with Crippen molar-refractivity contribution < 1.29 is 4.79 Å². The molecule has 112 valence electrons. The van der Waals surface area contributed by atoms with Crippen molar-refractivity contribution in [1.29, 1.82) is 0 Å². The van der Waals surface area contributed by atoms with Gasteiger partial charge in [-0.3, -0.25) is 9.69 Å². The van der Waals surface area contributed by atoms with Crippen molar-refractivity contribution in [3.05, 3.63) is 44.8 Å². The molecule has 1 aliphatic heterocycles. The molecule has 0 radical (unpaired) electrons. The van der Waals surface area contributed by atoms with Crippen molar-refractivity contribution in [3.8, 4) is 0 Å².